The van der Waals surface area contributed by atoms with Gasteiger partial charge in [-0.1, -0.05) is 18.3 Å². The second-order valence-electron chi connectivity index (χ2n) is 5.39. The summed E-state index contributed by atoms with van der Waals surface area (Å²) in [6.45, 7) is 6.54. The van der Waals surface area contributed by atoms with Crippen LogP contribution in [0.25, 0.3) is 0 Å². The molecule has 2 aromatic rings. The highest BCUT2D eigenvalue weighted by atomic mass is 32.2. The number of thioether (sulfide) groups is 1. The molecule has 2 rings (SSSR count). The van der Waals surface area contributed by atoms with Gasteiger partial charge in [-0.25, -0.2) is 17.6 Å². The number of halogens is 4. The lowest BCUT2D eigenvalue weighted by atomic mass is 10.1. The Kier molecular flexibility index (Phi) is 5.89. The Morgan fingerprint density at radius 1 is 1.12 bits per heavy atom. The average molecular weight is 369 g/mol. The number of nitrogens with one attached hydrogen (secondary N) is 1. The molecule has 1 N–H and O–H groups in total. The average Bonchev–Trinajstić information content (AvgIpc) is 2.54. The van der Waals surface area contributed by atoms with Crippen molar-refractivity contribution in [3.8, 4) is 0 Å². The van der Waals surface area contributed by atoms with E-state index in [-0.39, 0.29) is 17.0 Å². The van der Waals surface area contributed by atoms with Gasteiger partial charge in [0.05, 0.1) is 4.90 Å². The van der Waals surface area contributed by atoms with Crippen molar-refractivity contribution in [1.82, 2.24) is 5.32 Å². The summed E-state index contributed by atoms with van der Waals surface area (Å²) in [6.07, 6.45) is 0. The van der Waals surface area contributed by atoms with Crippen LogP contribution in [0.3, 0.4) is 0 Å². The summed E-state index contributed by atoms with van der Waals surface area (Å²) in [7, 11) is 0. The fourth-order valence-electron chi connectivity index (χ4n) is 2.16. The molecule has 0 bridgehead atoms. The van der Waals surface area contributed by atoms with E-state index in [1.165, 1.54) is 25.1 Å². The first-order valence-electron chi connectivity index (χ1n) is 7.24. The number of rotatable bonds is 5. The predicted octanol–water partition coefficient (Wildman–Crippen LogP) is 4.90. The molecule has 2 aromatic carbocycles. The van der Waals surface area contributed by atoms with E-state index in [2.05, 4.69) is 11.9 Å². The maximum atomic E-state index is 13.8. The first-order chi connectivity index (χ1) is 11.7. The molecule has 0 saturated carbocycles. The number of carbonyl (C=O) groups excluding carboxylic acids is 1. The van der Waals surface area contributed by atoms with Crippen molar-refractivity contribution in [1.29, 1.82) is 0 Å². The molecule has 0 fully saturated rings. The molecule has 1 amide bonds. The zero-order valence-corrected chi connectivity index (χ0v) is 14.4. The van der Waals surface area contributed by atoms with Crippen LogP contribution in [0.4, 0.5) is 17.6 Å². The van der Waals surface area contributed by atoms with E-state index in [1.54, 1.807) is 6.92 Å². The maximum Gasteiger partial charge on any atom is 0.251 e. The normalized spacial score (nSPS) is 10.6. The van der Waals surface area contributed by atoms with Crippen molar-refractivity contribution >= 4 is 17.7 Å². The van der Waals surface area contributed by atoms with Gasteiger partial charge in [-0.2, -0.15) is 0 Å². The molecule has 0 aliphatic carbocycles. The Hall–Kier alpha value is -2.28. The van der Waals surface area contributed by atoms with Gasteiger partial charge in [0, 0.05) is 28.6 Å². The smallest absolute Gasteiger partial charge is 0.251 e. The Balaban J connectivity index is 2.04. The van der Waals surface area contributed by atoms with Gasteiger partial charge in [0.1, 0.15) is 11.6 Å². The van der Waals surface area contributed by atoms with E-state index in [9.17, 15) is 22.4 Å². The second-order valence-corrected chi connectivity index (χ2v) is 6.58. The van der Waals surface area contributed by atoms with Gasteiger partial charge in [0.25, 0.3) is 5.91 Å². The van der Waals surface area contributed by atoms with Crippen LogP contribution in [-0.2, 0) is 0 Å². The number of hydrogen-bond donors (Lipinski definition) is 1. The van der Waals surface area contributed by atoms with Gasteiger partial charge in [0.15, 0.2) is 11.6 Å². The minimum atomic E-state index is -1.26. The van der Waals surface area contributed by atoms with Gasteiger partial charge in [-0.3, -0.25) is 4.79 Å². The van der Waals surface area contributed by atoms with E-state index in [0.717, 1.165) is 11.8 Å². The highest BCUT2D eigenvalue weighted by Crippen LogP contribution is 2.33. The lowest BCUT2D eigenvalue weighted by Gasteiger charge is -2.12. The summed E-state index contributed by atoms with van der Waals surface area (Å²) >= 11 is 0.813. The molecule has 0 saturated heterocycles. The Morgan fingerprint density at radius 2 is 1.80 bits per heavy atom. The number of carbonyl (C=O) groups is 1. The van der Waals surface area contributed by atoms with Crippen molar-refractivity contribution in [2.45, 2.75) is 18.7 Å². The summed E-state index contributed by atoms with van der Waals surface area (Å²) in [6, 6.07) is 4.23. The fraction of sp³-hybridized carbons (Fsp3) is 0.167. The molecule has 0 aliphatic heterocycles. The molecule has 0 spiro atoms. The van der Waals surface area contributed by atoms with Gasteiger partial charge in [0.2, 0.25) is 0 Å². The summed E-state index contributed by atoms with van der Waals surface area (Å²) < 4.78 is 53.6. The molecule has 25 heavy (non-hydrogen) atoms. The van der Waals surface area contributed by atoms with E-state index in [4.69, 9.17) is 0 Å². The first-order valence-corrected chi connectivity index (χ1v) is 8.06. The summed E-state index contributed by atoms with van der Waals surface area (Å²) in [4.78, 5) is 12.3. The Bertz CT molecular complexity index is 851. The molecule has 0 heterocycles. The van der Waals surface area contributed by atoms with E-state index >= 15 is 0 Å². The Morgan fingerprint density at radius 3 is 2.44 bits per heavy atom. The van der Waals surface area contributed by atoms with Crippen LogP contribution >= 0.6 is 11.8 Å². The van der Waals surface area contributed by atoms with Crippen molar-refractivity contribution in [3.63, 3.8) is 0 Å². The minimum Gasteiger partial charge on any atom is -0.347 e. The molecular formula is C18H15F4NOS. The molecule has 0 atom stereocenters. The van der Waals surface area contributed by atoms with Gasteiger partial charge >= 0.3 is 0 Å². The number of amides is 1. The Labute approximate surface area is 146 Å². The number of benzene rings is 2. The molecule has 0 radical (unpaired) electrons. The van der Waals surface area contributed by atoms with Crippen LogP contribution in [0.15, 0.2) is 40.6 Å². The van der Waals surface area contributed by atoms with Crippen LogP contribution < -0.4 is 5.32 Å². The number of hydrogen-bond acceptors (Lipinski definition) is 2. The molecule has 7 heteroatoms. The van der Waals surface area contributed by atoms with E-state index < -0.39 is 29.2 Å². The van der Waals surface area contributed by atoms with Crippen LogP contribution in [0.1, 0.15) is 21.5 Å². The molecule has 132 valence electrons. The highest BCUT2D eigenvalue weighted by molar-refractivity contribution is 8.03. The van der Waals surface area contributed by atoms with Gasteiger partial charge < -0.3 is 5.32 Å². The highest BCUT2D eigenvalue weighted by Gasteiger charge is 2.17. The van der Waals surface area contributed by atoms with Crippen molar-refractivity contribution in [3.05, 3.63) is 75.7 Å². The van der Waals surface area contributed by atoms with Crippen molar-refractivity contribution in [2.75, 3.05) is 6.54 Å². The molecule has 2 nitrogen and oxygen atoms in total. The summed E-state index contributed by atoms with van der Waals surface area (Å²) in [5.41, 5.74) is 0.608. The molecule has 0 unspecified atom stereocenters. The minimum absolute atomic E-state index is 0.0157. The van der Waals surface area contributed by atoms with Crippen LogP contribution in [0, 0.1) is 37.1 Å². The monoisotopic (exact) mass is 369 g/mol. The topological polar surface area (TPSA) is 29.1 Å². The van der Waals surface area contributed by atoms with E-state index in [1.807, 2.05) is 0 Å². The van der Waals surface area contributed by atoms with Gasteiger partial charge in [-0.05, 0) is 37.6 Å². The third kappa shape index (κ3) is 4.42. The quantitative estimate of drug-likeness (QED) is 0.462. The molecule has 0 aromatic heterocycles. The maximum absolute atomic E-state index is 13.8. The van der Waals surface area contributed by atoms with E-state index in [0.29, 0.717) is 22.1 Å². The fourth-order valence-corrected chi connectivity index (χ4v) is 2.99. The first kappa shape index (κ1) is 19.1. The summed E-state index contributed by atoms with van der Waals surface area (Å²) in [5, 5.41) is 2.57. The SMILES string of the molecule is C=C(CNC(=O)c1ccc(F)cc1C)Sc1c(F)cc(F)c(F)c1C. The van der Waals surface area contributed by atoms with Crippen LogP contribution in [-0.4, -0.2) is 12.5 Å². The lowest BCUT2D eigenvalue weighted by Crippen LogP contribution is -2.25. The van der Waals surface area contributed by atoms with Crippen LogP contribution in [0.5, 0.6) is 0 Å². The third-order valence-electron chi connectivity index (χ3n) is 3.48. The predicted molar refractivity (Wildman–Crippen MR) is 89.5 cm³/mol. The zero-order valence-electron chi connectivity index (χ0n) is 13.6. The lowest BCUT2D eigenvalue weighted by molar-refractivity contribution is 0.0957. The van der Waals surface area contributed by atoms with Crippen molar-refractivity contribution < 1.29 is 22.4 Å². The van der Waals surface area contributed by atoms with Crippen molar-refractivity contribution in [2.24, 2.45) is 0 Å². The zero-order chi connectivity index (χ0) is 18.7. The standard InChI is InChI=1S/C18H15F4NOS/c1-9-6-12(19)4-5-13(9)18(24)23-8-10(2)25-17-11(3)16(22)14(20)7-15(17)21/h4-7H,2,8H2,1,3H3,(H,23,24). The third-order valence-corrected chi connectivity index (χ3v) is 4.61. The van der Waals surface area contributed by atoms with Crippen LogP contribution in [0.2, 0.25) is 0 Å². The molecule has 0 aliphatic rings. The van der Waals surface area contributed by atoms with Gasteiger partial charge in [-0.15, -0.1) is 0 Å². The molecular weight excluding hydrogens is 354 g/mol. The largest absolute Gasteiger partial charge is 0.347 e. The summed E-state index contributed by atoms with van der Waals surface area (Å²) in [5.74, 6) is -4.17. The second kappa shape index (κ2) is 7.74. The number of aryl methyl sites for hydroxylation is 1.